The van der Waals surface area contributed by atoms with Crippen LogP contribution in [0.1, 0.15) is 64.7 Å². The summed E-state index contributed by atoms with van der Waals surface area (Å²) < 4.78 is 19.2. The van der Waals surface area contributed by atoms with Crippen molar-refractivity contribution >= 4 is 58.1 Å². The predicted molar refractivity (Wildman–Crippen MR) is 246 cm³/mol. The number of rotatable bonds is 15. The Morgan fingerprint density at radius 2 is 1.62 bits per heavy atom. The molecule has 60 heavy (non-hydrogen) atoms. The Bertz CT molecular complexity index is 2230. The Balaban J connectivity index is 1.07. The van der Waals surface area contributed by atoms with Crippen LogP contribution in [0.5, 0.6) is 5.75 Å². The number of piperazine rings is 1. The van der Waals surface area contributed by atoms with Crippen LogP contribution >= 0.6 is 11.3 Å². The first-order valence-corrected chi connectivity index (χ1v) is 25.7. The summed E-state index contributed by atoms with van der Waals surface area (Å²) in [6.45, 7) is 19.1. The monoisotopic (exact) mass is 848 g/mol. The summed E-state index contributed by atoms with van der Waals surface area (Å²) in [5.41, 5.74) is 5.20. The Morgan fingerprint density at radius 3 is 2.35 bits per heavy atom. The summed E-state index contributed by atoms with van der Waals surface area (Å²) in [5.74, 6) is 0.900. The Hall–Kier alpha value is -4.82. The zero-order valence-corrected chi connectivity index (χ0v) is 38.1. The molecule has 0 radical (unpaired) electrons. The molecule has 0 saturated carbocycles. The summed E-state index contributed by atoms with van der Waals surface area (Å²) in [6.07, 6.45) is 2.03. The van der Waals surface area contributed by atoms with Crippen LogP contribution in [0.2, 0.25) is 25.7 Å². The number of nitrogens with zero attached hydrogens (tertiary/aromatic N) is 6. The number of amides is 1. The lowest BCUT2D eigenvalue weighted by molar-refractivity contribution is 0.00613. The highest BCUT2D eigenvalue weighted by Crippen LogP contribution is 2.33. The molecule has 0 unspecified atom stereocenters. The number of aryl methyl sites for hydroxylation is 1. The molecular weight excluding hydrogens is 789 g/mol. The van der Waals surface area contributed by atoms with Gasteiger partial charge in [-0.25, -0.2) is 14.8 Å². The van der Waals surface area contributed by atoms with Crippen molar-refractivity contribution in [2.24, 2.45) is 0 Å². The highest BCUT2D eigenvalue weighted by molar-refractivity contribution is 7.22. The second-order valence-electron chi connectivity index (χ2n) is 18.1. The number of para-hydroxylation sites is 1. The molecule has 0 bridgehead atoms. The van der Waals surface area contributed by atoms with Crippen LogP contribution < -0.4 is 19.4 Å². The minimum absolute atomic E-state index is 0.118. The number of thiazole rings is 1. The average molecular weight is 849 g/mol. The maximum absolute atomic E-state index is 14.7. The first-order valence-electron chi connectivity index (χ1n) is 21.2. The lowest BCUT2D eigenvalue weighted by Gasteiger charge is -2.34. The standard InChI is InChI=1S/C47H60N6O5SSi/c1-47(2,3)58-45(55)43-35(13-11-29-57-37-20-18-36(19-21-37)51-27-25-50(4)26-28-51)17-22-42(49-43)52-24-23-34-12-10-14-38(39(34)32-52)44(54)53(33-56-30-31-60(5,6)7)46-48-40-15-8-9-16-41(40)59-46/h8-10,12,14-22H,11,13,23-33H2,1-7H3. The quantitative estimate of drug-likeness (QED) is 0.0440. The van der Waals surface area contributed by atoms with Crippen molar-refractivity contribution in [3.05, 3.63) is 107 Å². The molecule has 318 valence electrons. The van der Waals surface area contributed by atoms with E-state index in [9.17, 15) is 9.59 Å². The van der Waals surface area contributed by atoms with Gasteiger partial charge in [0.1, 0.15) is 23.9 Å². The molecule has 7 rings (SSSR count). The Labute approximate surface area is 360 Å². The van der Waals surface area contributed by atoms with Crippen molar-refractivity contribution in [2.75, 3.05) is 74.4 Å². The number of likely N-dealkylation sites (N-methyl/N-ethyl adjacent to an activating group) is 1. The second kappa shape index (κ2) is 18.8. The van der Waals surface area contributed by atoms with E-state index in [-0.39, 0.29) is 12.6 Å². The summed E-state index contributed by atoms with van der Waals surface area (Å²) in [5, 5.41) is 0.614. The van der Waals surface area contributed by atoms with E-state index in [1.807, 2.05) is 81.4 Å². The summed E-state index contributed by atoms with van der Waals surface area (Å²) in [4.78, 5) is 46.8. The molecule has 2 aliphatic heterocycles. The van der Waals surface area contributed by atoms with E-state index in [2.05, 4.69) is 59.6 Å². The van der Waals surface area contributed by atoms with Crippen LogP contribution in [0.25, 0.3) is 10.2 Å². The second-order valence-corrected chi connectivity index (χ2v) is 24.7. The minimum Gasteiger partial charge on any atom is -0.494 e. The third-order valence-electron chi connectivity index (χ3n) is 10.9. The van der Waals surface area contributed by atoms with Gasteiger partial charge >= 0.3 is 5.97 Å². The number of pyridine rings is 1. The van der Waals surface area contributed by atoms with Crippen LogP contribution in [-0.2, 0) is 28.9 Å². The van der Waals surface area contributed by atoms with E-state index >= 15 is 0 Å². The minimum atomic E-state index is -1.33. The molecule has 0 aliphatic carbocycles. The summed E-state index contributed by atoms with van der Waals surface area (Å²) >= 11 is 1.49. The number of benzene rings is 3. The maximum Gasteiger partial charge on any atom is 0.357 e. The predicted octanol–water partition coefficient (Wildman–Crippen LogP) is 8.93. The summed E-state index contributed by atoms with van der Waals surface area (Å²) in [6, 6.07) is 27.2. The maximum atomic E-state index is 14.7. The number of fused-ring (bicyclic) bond motifs is 2. The molecular formula is C47H60N6O5SSi. The fraction of sp³-hybridized carbons (Fsp3) is 0.447. The average Bonchev–Trinajstić information content (AvgIpc) is 3.65. The van der Waals surface area contributed by atoms with Crippen LogP contribution in [0, 0.1) is 0 Å². The van der Waals surface area contributed by atoms with Crippen LogP contribution in [0.4, 0.5) is 16.6 Å². The van der Waals surface area contributed by atoms with Gasteiger partial charge in [-0.05, 0) is 118 Å². The van der Waals surface area contributed by atoms with Gasteiger partial charge in [-0.3, -0.25) is 9.69 Å². The molecule has 1 saturated heterocycles. The summed E-state index contributed by atoms with van der Waals surface area (Å²) in [7, 11) is 0.832. The Morgan fingerprint density at radius 1 is 0.850 bits per heavy atom. The molecule has 2 aliphatic rings. The number of aromatic nitrogens is 2. The smallest absolute Gasteiger partial charge is 0.357 e. The lowest BCUT2D eigenvalue weighted by Crippen LogP contribution is -2.44. The molecule has 5 aromatic rings. The SMILES string of the molecule is CN1CCN(c2ccc(OCCCc3ccc(N4CCc5cccc(C(=O)N(COCC[Si](C)(C)C)c6nc7ccccc7s6)c5C4)nc3C(=O)OC(C)(C)C)cc2)CC1. The van der Waals surface area contributed by atoms with Crippen molar-refractivity contribution in [1.29, 1.82) is 0 Å². The number of hydrogen-bond acceptors (Lipinski definition) is 11. The number of esters is 1. The van der Waals surface area contributed by atoms with Gasteiger partial charge in [0.2, 0.25) is 0 Å². The van der Waals surface area contributed by atoms with Crippen molar-refractivity contribution in [3.63, 3.8) is 0 Å². The fourth-order valence-corrected chi connectivity index (χ4v) is 9.17. The van der Waals surface area contributed by atoms with Gasteiger partial charge < -0.3 is 28.9 Å². The van der Waals surface area contributed by atoms with Crippen molar-refractivity contribution in [2.45, 2.75) is 77.9 Å². The Kier molecular flexibility index (Phi) is 13.6. The highest BCUT2D eigenvalue weighted by atomic mass is 32.1. The van der Waals surface area contributed by atoms with Gasteiger partial charge in [0.05, 0.1) is 16.8 Å². The zero-order chi connectivity index (χ0) is 42.4. The molecule has 11 nitrogen and oxygen atoms in total. The number of anilines is 3. The zero-order valence-electron chi connectivity index (χ0n) is 36.3. The molecule has 1 fully saturated rings. The van der Waals surface area contributed by atoms with E-state index in [1.165, 1.54) is 17.0 Å². The van der Waals surface area contributed by atoms with Gasteiger partial charge in [0, 0.05) is 65.2 Å². The van der Waals surface area contributed by atoms with Gasteiger partial charge in [-0.2, -0.15) is 0 Å². The number of carbonyl (C=O) groups excluding carboxylic acids is 2. The van der Waals surface area contributed by atoms with Gasteiger partial charge in [-0.15, -0.1) is 0 Å². The van der Waals surface area contributed by atoms with Gasteiger partial charge in [0.15, 0.2) is 10.8 Å². The highest BCUT2D eigenvalue weighted by Gasteiger charge is 2.30. The molecule has 0 N–H and O–H groups in total. The molecule has 0 spiro atoms. The first kappa shape index (κ1) is 43.3. The molecule has 13 heteroatoms. The van der Waals surface area contributed by atoms with E-state index in [0.717, 1.165) is 71.3 Å². The molecule has 3 aromatic carbocycles. The van der Waals surface area contributed by atoms with E-state index in [0.29, 0.717) is 61.4 Å². The molecule has 2 aromatic heterocycles. The topological polar surface area (TPSA) is 101 Å². The normalized spacial score (nSPS) is 14.9. The molecule has 1 amide bonds. The number of ether oxygens (including phenoxy) is 3. The van der Waals surface area contributed by atoms with Crippen LogP contribution in [-0.4, -0.2) is 100 Å². The van der Waals surface area contributed by atoms with Gasteiger partial charge in [0.25, 0.3) is 5.91 Å². The fourth-order valence-electron chi connectivity index (χ4n) is 7.46. The van der Waals surface area contributed by atoms with E-state index in [4.69, 9.17) is 24.2 Å². The number of carbonyl (C=O) groups is 2. The third-order valence-corrected chi connectivity index (χ3v) is 13.7. The number of hydrogen-bond donors (Lipinski definition) is 0. The lowest BCUT2D eigenvalue weighted by atomic mass is 9.94. The van der Waals surface area contributed by atoms with E-state index < -0.39 is 19.6 Å². The largest absolute Gasteiger partial charge is 0.494 e. The van der Waals surface area contributed by atoms with Crippen molar-refractivity contribution in [1.82, 2.24) is 14.9 Å². The van der Waals surface area contributed by atoms with Crippen molar-refractivity contribution in [3.8, 4) is 5.75 Å². The van der Waals surface area contributed by atoms with E-state index in [1.54, 1.807) is 4.90 Å². The van der Waals surface area contributed by atoms with Gasteiger partial charge in [-0.1, -0.05) is 61.3 Å². The molecule has 4 heterocycles. The first-order chi connectivity index (χ1) is 28.7. The van der Waals surface area contributed by atoms with Crippen LogP contribution in [0.15, 0.2) is 78.9 Å². The van der Waals surface area contributed by atoms with Crippen LogP contribution in [0.3, 0.4) is 0 Å². The third kappa shape index (κ3) is 11.1. The molecule has 0 atom stereocenters. The van der Waals surface area contributed by atoms with Crippen molar-refractivity contribution < 1.29 is 23.8 Å².